The zero-order chi connectivity index (χ0) is 18.1. The molecule has 128 valence electrons. The van der Waals surface area contributed by atoms with Gasteiger partial charge in [0.1, 0.15) is 17.3 Å². The first-order chi connectivity index (χ1) is 12.6. The summed E-state index contributed by atoms with van der Waals surface area (Å²) < 4.78 is 11.6. The van der Waals surface area contributed by atoms with Gasteiger partial charge in [0.25, 0.3) is 0 Å². The smallest absolute Gasteiger partial charge is 0.344 e. The van der Waals surface area contributed by atoms with Crippen LogP contribution in [-0.4, -0.2) is 0 Å². The van der Waals surface area contributed by atoms with E-state index < -0.39 is 0 Å². The summed E-state index contributed by atoms with van der Waals surface area (Å²) in [7, 11) is 0. The van der Waals surface area contributed by atoms with Gasteiger partial charge in [-0.3, -0.25) is 0 Å². The highest BCUT2D eigenvalue weighted by Gasteiger charge is 2.15. The summed E-state index contributed by atoms with van der Waals surface area (Å²) in [6, 6.07) is 22.2. The lowest BCUT2D eigenvalue weighted by Crippen LogP contribution is -2.00. The summed E-state index contributed by atoms with van der Waals surface area (Å²) in [5.41, 5.74) is 1.12. The number of rotatable bonds is 3. The van der Waals surface area contributed by atoms with E-state index in [-0.39, 0.29) is 5.63 Å². The zero-order valence-corrected chi connectivity index (χ0v) is 14.8. The van der Waals surface area contributed by atoms with Crippen molar-refractivity contribution in [2.45, 2.75) is 6.92 Å². The first kappa shape index (κ1) is 16.4. The molecule has 0 aliphatic carbocycles. The molecule has 0 amide bonds. The topological polar surface area (TPSA) is 39.4 Å². The van der Waals surface area contributed by atoms with Crippen LogP contribution in [0.5, 0.6) is 11.5 Å². The molecule has 4 rings (SSSR count). The van der Waals surface area contributed by atoms with Crippen molar-refractivity contribution in [3.63, 3.8) is 0 Å². The van der Waals surface area contributed by atoms with Crippen LogP contribution in [0.4, 0.5) is 0 Å². The van der Waals surface area contributed by atoms with Gasteiger partial charge < -0.3 is 9.15 Å². The highest BCUT2D eigenvalue weighted by Crippen LogP contribution is 2.37. The van der Waals surface area contributed by atoms with E-state index in [2.05, 4.69) is 0 Å². The van der Waals surface area contributed by atoms with Gasteiger partial charge in [-0.25, -0.2) is 4.79 Å². The molecule has 0 spiro atoms. The third-order valence-corrected chi connectivity index (χ3v) is 4.57. The first-order valence-electron chi connectivity index (χ1n) is 8.18. The normalized spacial score (nSPS) is 10.8. The zero-order valence-electron chi connectivity index (χ0n) is 14.0. The number of hydrogen-bond donors (Lipinski definition) is 0. The third-order valence-electron chi connectivity index (χ3n) is 4.17. The molecule has 1 aromatic heterocycles. The lowest BCUT2D eigenvalue weighted by Gasteiger charge is -2.13. The van der Waals surface area contributed by atoms with Crippen molar-refractivity contribution < 1.29 is 9.15 Å². The second-order valence-electron chi connectivity index (χ2n) is 6.00. The first-order valence-corrected chi connectivity index (χ1v) is 8.56. The van der Waals surface area contributed by atoms with Crippen molar-refractivity contribution in [1.82, 2.24) is 0 Å². The summed E-state index contributed by atoms with van der Waals surface area (Å²) >= 11 is 6.32. The molecule has 26 heavy (non-hydrogen) atoms. The minimum Gasteiger partial charge on any atom is -0.457 e. The quantitative estimate of drug-likeness (QED) is 0.434. The molecule has 0 radical (unpaired) electrons. The lowest BCUT2D eigenvalue weighted by atomic mass is 10.1. The largest absolute Gasteiger partial charge is 0.457 e. The number of benzene rings is 3. The average Bonchev–Trinajstić information content (AvgIpc) is 2.65. The lowest BCUT2D eigenvalue weighted by molar-refractivity contribution is 0.477. The Hall–Kier alpha value is -3.04. The van der Waals surface area contributed by atoms with E-state index in [1.54, 1.807) is 12.1 Å². The van der Waals surface area contributed by atoms with Crippen LogP contribution in [0.2, 0.25) is 5.02 Å². The summed E-state index contributed by atoms with van der Waals surface area (Å²) in [6.45, 7) is 1.90. The van der Waals surface area contributed by atoms with E-state index >= 15 is 0 Å². The van der Waals surface area contributed by atoms with E-state index in [0.29, 0.717) is 33.2 Å². The second-order valence-corrected chi connectivity index (χ2v) is 6.41. The number of fused-ring (bicyclic) bond motifs is 1. The molecule has 3 aromatic carbocycles. The van der Waals surface area contributed by atoms with E-state index in [4.69, 9.17) is 20.8 Å². The molecule has 0 fully saturated rings. The van der Waals surface area contributed by atoms with Crippen LogP contribution in [0, 0.1) is 6.92 Å². The fourth-order valence-electron chi connectivity index (χ4n) is 2.81. The van der Waals surface area contributed by atoms with Crippen LogP contribution < -0.4 is 10.4 Å². The van der Waals surface area contributed by atoms with Gasteiger partial charge in [0.05, 0.1) is 10.9 Å². The molecule has 1 heterocycles. The Morgan fingerprint density at radius 1 is 0.923 bits per heavy atom. The predicted molar refractivity (Wildman–Crippen MR) is 104 cm³/mol. The monoisotopic (exact) mass is 362 g/mol. The van der Waals surface area contributed by atoms with Gasteiger partial charge in [0, 0.05) is 5.02 Å². The highest BCUT2D eigenvalue weighted by molar-refractivity contribution is 6.31. The predicted octanol–water partition coefficient (Wildman–Crippen LogP) is 6.21. The number of hydrogen-bond acceptors (Lipinski definition) is 3. The van der Waals surface area contributed by atoms with Crippen LogP contribution in [0.1, 0.15) is 5.56 Å². The Balaban J connectivity index is 1.91. The Morgan fingerprint density at radius 3 is 2.46 bits per heavy atom. The van der Waals surface area contributed by atoms with Gasteiger partial charge in [-0.1, -0.05) is 48.0 Å². The molecule has 0 saturated carbocycles. The maximum Gasteiger partial charge on any atom is 0.344 e. The number of halogens is 1. The molecule has 3 nitrogen and oxygen atoms in total. The highest BCUT2D eigenvalue weighted by atomic mass is 35.5. The Labute approximate surface area is 155 Å². The van der Waals surface area contributed by atoms with Crippen LogP contribution in [0.3, 0.4) is 0 Å². The van der Waals surface area contributed by atoms with Crippen molar-refractivity contribution >= 4 is 22.4 Å². The van der Waals surface area contributed by atoms with Crippen LogP contribution in [0.25, 0.3) is 22.1 Å². The number of aryl methyl sites for hydroxylation is 1. The Bertz CT molecular complexity index is 1150. The third kappa shape index (κ3) is 3.09. The molecular formula is C22H15ClO3. The van der Waals surface area contributed by atoms with Crippen LogP contribution in [-0.2, 0) is 0 Å². The van der Waals surface area contributed by atoms with Gasteiger partial charge in [0.15, 0.2) is 0 Å². The van der Waals surface area contributed by atoms with Crippen molar-refractivity contribution in [3.05, 3.63) is 93.8 Å². The Morgan fingerprint density at radius 2 is 1.65 bits per heavy atom. The van der Waals surface area contributed by atoms with Gasteiger partial charge in [-0.05, 0) is 54.3 Å². The second kappa shape index (κ2) is 6.70. The summed E-state index contributed by atoms with van der Waals surface area (Å²) in [6.07, 6.45) is 0. The van der Waals surface area contributed by atoms with Crippen molar-refractivity contribution in [2.75, 3.05) is 0 Å². The molecule has 0 bridgehead atoms. The summed E-state index contributed by atoms with van der Waals surface area (Å²) in [5, 5.41) is 1.93. The van der Waals surface area contributed by atoms with Crippen molar-refractivity contribution in [3.8, 4) is 22.8 Å². The SMILES string of the molecule is Cc1cc(Oc2ccccc2)c(-c2cc3ccccc3c(=O)o2)cc1Cl. The maximum absolute atomic E-state index is 12.4. The molecule has 0 unspecified atom stereocenters. The number of ether oxygens (including phenoxy) is 1. The average molecular weight is 363 g/mol. The minimum atomic E-state index is -0.388. The molecule has 0 saturated heterocycles. The molecule has 0 aliphatic rings. The van der Waals surface area contributed by atoms with E-state index in [1.165, 1.54) is 0 Å². The van der Waals surface area contributed by atoms with Crippen molar-refractivity contribution in [1.29, 1.82) is 0 Å². The molecule has 0 atom stereocenters. The number of para-hydroxylation sites is 1. The van der Waals surface area contributed by atoms with Gasteiger partial charge in [-0.2, -0.15) is 0 Å². The van der Waals surface area contributed by atoms with Crippen LogP contribution >= 0.6 is 11.6 Å². The maximum atomic E-state index is 12.4. The fourth-order valence-corrected chi connectivity index (χ4v) is 2.98. The summed E-state index contributed by atoms with van der Waals surface area (Å²) in [5.74, 6) is 1.69. The van der Waals surface area contributed by atoms with Gasteiger partial charge in [0.2, 0.25) is 0 Å². The Kier molecular flexibility index (Phi) is 4.23. The molecular weight excluding hydrogens is 348 g/mol. The van der Waals surface area contributed by atoms with Gasteiger partial charge >= 0.3 is 5.63 Å². The van der Waals surface area contributed by atoms with Gasteiger partial charge in [-0.15, -0.1) is 0 Å². The summed E-state index contributed by atoms with van der Waals surface area (Å²) in [4.78, 5) is 12.4. The molecule has 4 aromatic rings. The molecule has 4 heteroatoms. The standard InChI is InChI=1S/C22H15ClO3/c1-14-11-20(25-16-8-3-2-4-9-16)18(13-19(14)23)21-12-15-7-5-6-10-17(15)22(24)26-21/h2-13H,1H3. The minimum absolute atomic E-state index is 0.388. The fraction of sp³-hybridized carbons (Fsp3) is 0.0455. The molecule has 0 aliphatic heterocycles. The van der Waals surface area contributed by atoms with Crippen LogP contribution in [0.15, 0.2) is 82.0 Å². The van der Waals surface area contributed by atoms with Crippen molar-refractivity contribution in [2.24, 2.45) is 0 Å². The van der Waals surface area contributed by atoms with E-state index in [1.807, 2.05) is 67.6 Å². The van der Waals surface area contributed by atoms with E-state index in [9.17, 15) is 4.79 Å². The van der Waals surface area contributed by atoms with E-state index in [0.717, 1.165) is 10.9 Å². The molecule has 0 N–H and O–H groups in total.